The summed E-state index contributed by atoms with van der Waals surface area (Å²) in [5.74, 6) is -0.751. The van der Waals surface area contributed by atoms with Gasteiger partial charge in [-0.05, 0) is 24.3 Å². The van der Waals surface area contributed by atoms with Crippen LogP contribution >= 0.6 is 0 Å². The van der Waals surface area contributed by atoms with Gasteiger partial charge in [-0.2, -0.15) is 0 Å². The third-order valence-corrected chi connectivity index (χ3v) is 6.10. The average molecular weight is 422 g/mol. The Morgan fingerprint density at radius 3 is 2.34 bits per heavy atom. The van der Waals surface area contributed by atoms with E-state index in [1.165, 1.54) is 24.3 Å². The van der Waals surface area contributed by atoms with E-state index in [0.29, 0.717) is 5.06 Å². The third-order valence-electron chi connectivity index (χ3n) is 4.66. The number of nitrogens with zero attached hydrogens (tertiary/aromatic N) is 1. The van der Waals surface area contributed by atoms with Gasteiger partial charge in [-0.25, -0.2) is 18.2 Å². The molecule has 0 saturated carbocycles. The van der Waals surface area contributed by atoms with Crippen LogP contribution in [0.3, 0.4) is 0 Å². The van der Waals surface area contributed by atoms with Gasteiger partial charge in [-0.15, -0.1) is 0 Å². The largest absolute Gasteiger partial charge is 0.387 e. The van der Waals surface area contributed by atoms with Gasteiger partial charge in [-0.1, -0.05) is 36.4 Å². The lowest BCUT2D eigenvalue weighted by atomic mass is 9.96. The number of hydroxylamine groups is 2. The molecule has 1 amide bonds. The smallest absolute Gasteiger partial charge is 0.277 e. The molecule has 1 saturated heterocycles. The van der Waals surface area contributed by atoms with Crippen molar-refractivity contribution in [3.8, 4) is 0 Å². The lowest BCUT2D eigenvalue weighted by Gasteiger charge is -2.29. The molecule has 3 rings (SSSR count). The van der Waals surface area contributed by atoms with Crippen LogP contribution < -0.4 is 4.72 Å². The Morgan fingerprint density at radius 2 is 1.72 bits per heavy atom. The zero-order valence-electron chi connectivity index (χ0n) is 15.4. The van der Waals surface area contributed by atoms with Crippen molar-refractivity contribution < 1.29 is 33.4 Å². The molecule has 0 aromatic heterocycles. The van der Waals surface area contributed by atoms with Crippen LogP contribution in [-0.4, -0.2) is 72.3 Å². The van der Waals surface area contributed by atoms with Gasteiger partial charge >= 0.3 is 0 Å². The molecule has 2 aromatic rings. The minimum absolute atomic E-state index is 0.0535. The molecule has 156 valence electrons. The van der Waals surface area contributed by atoms with Crippen molar-refractivity contribution in [1.29, 1.82) is 0 Å². The van der Waals surface area contributed by atoms with Gasteiger partial charge in [0.2, 0.25) is 10.0 Å². The Labute approximate surface area is 168 Å². The molecule has 1 fully saturated rings. The van der Waals surface area contributed by atoms with Crippen molar-refractivity contribution in [2.75, 3.05) is 19.7 Å². The van der Waals surface area contributed by atoms with Crippen LogP contribution in [0.1, 0.15) is 10.4 Å². The highest BCUT2D eigenvalue weighted by Gasteiger charge is 2.49. The summed E-state index contributed by atoms with van der Waals surface area (Å²) in [6.07, 6.45) is -2.59. The van der Waals surface area contributed by atoms with E-state index >= 15 is 0 Å². The summed E-state index contributed by atoms with van der Waals surface area (Å²) in [5.41, 5.74) is -1.75. The summed E-state index contributed by atoms with van der Waals surface area (Å²) < 4.78 is 32.2. The van der Waals surface area contributed by atoms with Crippen molar-refractivity contribution in [2.24, 2.45) is 0 Å². The number of sulfonamides is 1. The molecule has 0 unspecified atom stereocenters. The quantitative estimate of drug-likeness (QED) is 0.364. The van der Waals surface area contributed by atoms with Crippen molar-refractivity contribution in [3.63, 3.8) is 0 Å². The highest BCUT2D eigenvalue weighted by Crippen LogP contribution is 2.26. The second kappa shape index (κ2) is 8.57. The number of ether oxygens (including phenoxy) is 1. The molecular weight excluding hydrogens is 400 g/mol. The molecule has 9 nitrogen and oxygen atoms in total. The number of carbonyl (C=O) groups is 1. The Balaban J connectivity index is 1.61. The third kappa shape index (κ3) is 4.81. The maximum absolute atomic E-state index is 12.3. The maximum Gasteiger partial charge on any atom is 0.277 e. The fourth-order valence-corrected chi connectivity index (χ4v) is 4.09. The molecule has 0 spiro atoms. The van der Waals surface area contributed by atoms with E-state index < -0.39 is 40.3 Å². The first-order valence-electron chi connectivity index (χ1n) is 8.85. The number of benzene rings is 2. The van der Waals surface area contributed by atoms with E-state index in [-0.39, 0.29) is 23.6 Å². The zero-order chi connectivity index (χ0) is 21.1. The summed E-state index contributed by atoms with van der Waals surface area (Å²) in [6, 6.07) is 15.6. The molecule has 3 atom stereocenters. The number of hydrogen-bond acceptors (Lipinski definition) is 7. The summed E-state index contributed by atoms with van der Waals surface area (Å²) in [6.45, 7) is -1.28. The highest BCUT2D eigenvalue weighted by molar-refractivity contribution is 7.89. The van der Waals surface area contributed by atoms with Gasteiger partial charge in [0.1, 0.15) is 17.8 Å². The predicted octanol–water partition coefficient (Wildman–Crippen LogP) is -0.0127. The second-order valence-corrected chi connectivity index (χ2v) is 8.56. The monoisotopic (exact) mass is 422 g/mol. The molecule has 1 aliphatic rings. The Bertz CT molecular complexity index is 940. The molecule has 0 bridgehead atoms. The van der Waals surface area contributed by atoms with E-state index in [4.69, 9.17) is 4.74 Å². The normalized spacial score (nSPS) is 24.4. The Hall–Kier alpha value is -2.34. The van der Waals surface area contributed by atoms with E-state index in [0.717, 1.165) is 0 Å². The van der Waals surface area contributed by atoms with Gasteiger partial charge in [-0.3, -0.25) is 10.0 Å². The first-order chi connectivity index (χ1) is 13.7. The van der Waals surface area contributed by atoms with Gasteiger partial charge < -0.3 is 14.9 Å². The first kappa shape index (κ1) is 21.4. The molecular formula is C19H22N2O7S. The minimum Gasteiger partial charge on any atom is -0.387 e. The van der Waals surface area contributed by atoms with E-state index in [9.17, 15) is 28.6 Å². The van der Waals surface area contributed by atoms with E-state index in [1.54, 1.807) is 36.4 Å². The molecule has 0 aliphatic carbocycles. The fraction of sp³-hybridized carbons (Fsp3) is 0.316. The highest BCUT2D eigenvalue weighted by atomic mass is 32.2. The van der Waals surface area contributed by atoms with Gasteiger partial charge in [0.05, 0.1) is 18.0 Å². The second-order valence-electron chi connectivity index (χ2n) is 6.79. The Kier molecular flexibility index (Phi) is 6.32. The topological polar surface area (TPSA) is 136 Å². The standard InChI is InChI=1S/C19H22N2O7S/c22-17-16(11-20-29(26,27)15-9-5-2-6-10-15)28-13-19(17,24)12-21(25)18(23)14-7-3-1-4-8-14/h1-10,16-17,20,22,24-25H,11-13H2/t16-,17-,19+/m1/s1. The number of aliphatic hydroxyl groups excluding tert-OH is 1. The molecule has 10 heteroatoms. The number of rotatable bonds is 7. The van der Waals surface area contributed by atoms with Crippen molar-refractivity contribution in [3.05, 3.63) is 66.2 Å². The van der Waals surface area contributed by atoms with Crippen LogP contribution in [0.5, 0.6) is 0 Å². The molecule has 4 N–H and O–H groups in total. The molecule has 0 radical (unpaired) electrons. The van der Waals surface area contributed by atoms with Crippen LogP contribution in [0.15, 0.2) is 65.6 Å². The van der Waals surface area contributed by atoms with Crippen LogP contribution in [0.4, 0.5) is 0 Å². The maximum atomic E-state index is 12.3. The number of amides is 1. The minimum atomic E-state index is -3.82. The van der Waals surface area contributed by atoms with Crippen molar-refractivity contribution >= 4 is 15.9 Å². The average Bonchev–Trinajstić information content (AvgIpc) is 3.01. The molecule has 29 heavy (non-hydrogen) atoms. The van der Waals surface area contributed by atoms with Gasteiger partial charge in [0.15, 0.2) is 0 Å². The van der Waals surface area contributed by atoms with E-state index in [2.05, 4.69) is 4.72 Å². The van der Waals surface area contributed by atoms with Crippen LogP contribution in [0, 0.1) is 0 Å². The number of hydrogen-bond donors (Lipinski definition) is 4. The number of nitrogens with one attached hydrogen (secondary N) is 1. The number of aliphatic hydroxyl groups is 2. The zero-order valence-corrected chi connectivity index (χ0v) is 16.2. The number of carbonyl (C=O) groups excluding carboxylic acids is 1. The summed E-state index contributed by atoms with van der Waals surface area (Å²) in [7, 11) is -3.82. The summed E-state index contributed by atoms with van der Waals surface area (Å²) in [5, 5.41) is 31.4. The molecule has 2 aromatic carbocycles. The van der Waals surface area contributed by atoms with Crippen molar-refractivity contribution in [1.82, 2.24) is 9.79 Å². The molecule has 1 heterocycles. The summed E-state index contributed by atoms with van der Waals surface area (Å²) in [4.78, 5) is 12.3. The SMILES string of the molecule is O=C(c1ccccc1)N(O)C[C@]1(O)CO[C@H](CNS(=O)(=O)c2ccccc2)[C@H]1O. The lowest BCUT2D eigenvalue weighted by Crippen LogP contribution is -2.54. The lowest BCUT2D eigenvalue weighted by molar-refractivity contribution is -0.133. The van der Waals surface area contributed by atoms with Crippen LogP contribution in [0.25, 0.3) is 0 Å². The Morgan fingerprint density at radius 1 is 1.14 bits per heavy atom. The predicted molar refractivity (Wildman–Crippen MR) is 102 cm³/mol. The van der Waals surface area contributed by atoms with Gasteiger partial charge in [0, 0.05) is 12.1 Å². The summed E-state index contributed by atoms with van der Waals surface area (Å²) >= 11 is 0. The van der Waals surface area contributed by atoms with Crippen molar-refractivity contribution in [2.45, 2.75) is 22.7 Å². The van der Waals surface area contributed by atoms with Crippen LogP contribution in [0.2, 0.25) is 0 Å². The van der Waals surface area contributed by atoms with Gasteiger partial charge in [0.25, 0.3) is 5.91 Å². The fourth-order valence-electron chi connectivity index (χ4n) is 3.02. The molecule has 1 aliphatic heterocycles. The van der Waals surface area contributed by atoms with E-state index in [1.807, 2.05) is 0 Å². The first-order valence-corrected chi connectivity index (χ1v) is 10.3. The van der Waals surface area contributed by atoms with Crippen LogP contribution in [-0.2, 0) is 14.8 Å².